The first kappa shape index (κ1) is 25.4. The van der Waals surface area contributed by atoms with Crippen LogP contribution in [0.1, 0.15) is 33.4 Å². The quantitative estimate of drug-likeness (QED) is 0.186. The predicted molar refractivity (Wildman–Crippen MR) is 192 cm³/mol. The standard InChI is InChI=1S/C45H29N/c1-8-21-37-30(14-1)28-29-31-15-2-9-22-38(31)45(37)39-23-10-5-20-36(39)44-40(45)24-13-27-43(44)46-41-25-11-6-18-34(41)32-16-3-4-17-33(32)35-19-7-12-26-42(35)46/h1-29H. The van der Waals surface area contributed by atoms with Crippen molar-refractivity contribution in [3.63, 3.8) is 0 Å². The topological polar surface area (TPSA) is 3.24 Å². The summed E-state index contributed by atoms with van der Waals surface area (Å²) in [6.45, 7) is 0. The molecule has 0 aromatic heterocycles. The van der Waals surface area contributed by atoms with Crippen molar-refractivity contribution < 1.29 is 0 Å². The Labute approximate surface area is 269 Å². The molecule has 0 amide bonds. The van der Waals surface area contributed by atoms with Gasteiger partial charge in [0.05, 0.1) is 22.5 Å². The van der Waals surface area contributed by atoms with Crippen LogP contribution in [0.15, 0.2) is 164 Å². The van der Waals surface area contributed by atoms with Gasteiger partial charge in [-0.2, -0.15) is 0 Å². The van der Waals surface area contributed by atoms with E-state index in [-0.39, 0.29) is 0 Å². The molecular weight excluding hydrogens is 555 g/mol. The zero-order chi connectivity index (χ0) is 30.2. The molecular formula is C45H29N. The summed E-state index contributed by atoms with van der Waals surface area (Å²) < 4.78 is 0. The van der Waals surface area contributed by atoms with Gasteiger partial charge in [0.1, 0.15) is 0 Å². The van der Waals surface area contributed by atoms with Crippen molar-refractivity contribution in [3.05, 3.63) is 197 Å². The second-order valence-electron chi connectivity index (χ2n) is 12.4. The van der Waals surface area contributed by atoms with Gasteiger partial charge in [0.25, 0.3) is 0 Å². The number of benzene rings is 7. The molecule has 7 aromatic carbocycles. The first-order valence-corrected chi connectivity index (χ1v) is 16.0. The molecule has 0 unspecified atom stereocenters. The largest absolute Gasteiger partial charge is 0.309 e. The van der Waals surface area contributed by atoms with E-state index < -0.39 is 5.41 Å². The molecule has 1 aliphatic heterocycles. The highest BCUT2D eigenvalue weighted by atomic mass is 15.2. The van der Waals surface area contributed by atoms with Gasteiger partial charge >= 0.3 is 0 Å². The summed E-state index contributed by atoms with van der Waals surface area (Å²) in [5.74, 6) is 0. The number of fused-ring (bicyclic) bond motifs is 14. The third-order valence-corrected chi connectivity index (χ3v) is 10.3. The van der Waals surface area contributed by atoms with E-state index in [2.05, 4.69) is 181 Å². The Morgan fingerprint density at radius 1 is 0.304 bits per heavy atom. The van der Waals surface area contributed by atoms with Crippen molar-refractivity contribution in [2.75, 3.05) is 4.90 Å². The van der Waals surface area contributed by atoms with Crippen LogP contribution in [0.4, 0.5) is 17.1 Å². The van der Waals surface area contributed by atoms with Crippen LogP contribution in [0.5, 0.6) is 0 Å². The number of rotatable bonds is 1. The maximum atomic E-state index is 2.52. The van der Waals surface area contributed by atoms with Crippen molar-refractivity contribution >= 4 is 29.2 Å². The van der Waals surface area contributed by atoms with Crippen LogP contribution in [-0.4, -0.2) is 0 Å². The normalized spacial score (nSPS) is 14.1. The summed E-state index contributed by atoms with van der Waals surface area (Å²) in [6, 6.07) is 60.6. The fourth-order valence-electron chi connectivity index (χ4n) is 8.50. The maximum Gasteiger partial charge on any atom is 0.0725 e. The number of hydrogen-bond acceptors (Lipinski definition) is 1. The molecule has 0 saturated heterocycles. The minimum Gasteiger partial charge on any atom is -0.309 e. The molecule has 0 radical (unpaired) electrons. The summed E-state index contributed by atoms with van der Waals surface area (Å²) in [7, 11) is 0. The third kappa shape index (κ3) is 3.24. The van der Waals surface area contributed by atoms with E-state index >= 15 is 0 Å². The summed E-state index contributed by atoms with van der Waals surface area (Å²) in [5, 5.41) is 0. The molecule has 1 spiro atoms. The Kier molecular flexibility index (Phi) is 5.27. The van der Waals surface area contributed by atoms with Crippen molar-refractivity contribution in [2.24, 2.45) is 0 Å². The molecule has 0 fully saturated rings. The number of anilines is 3. The van der Waals surface area contributed by atoms with Crippen LogP contribution >= 0.6 is 0 Å². The van der Waals surface area contributed by atoms with Crippen LogP contribution in [0, 0.1) is 0 Å². The van der Waals surface area contributed by atoms with Crippen molar-refractivity contribution in [1.29, 1.82) is 0 Å². The number of nitrogens with zero attached hydrogens (tertiary/aromatic N) is 1. The Hall–Kier alpha value is -5.92. The molecule has 1 heteroatoms. The van der Waals surface area contributed by atoms with Gasteiger partial charge in [-0.15, -0.1) is 0 Å². The van der Waals surface area contributed by atoms with E-state index in [4.69, 9.17) is 0 Å². The molecule has 0 bridgehead atoms. The summed E-state index contributed by atoms with van der Waals surface area (Å²) in [4.78, 5) is 2.52. The molecule has 1 heterocycles. The zero-order valence-electron chi connectivity index (χ0n) is 25.2. The molecule has 1 nitrogen and oxygen atoms in total. The number of hydrogen-bond donors (Lipinski definition) is 0. The van der Waals surface area contributed by atoms with Gasteiger partial charge in [0.2, 0.25) is 0 Å². The van der Waals surface area contributed by atoms with Gasteiger partial charge in [-0.1, -0.05) is 158 Å². The lowest BCUT2D eigenvalue weighted by Gasteiger charge is -2.35. The van der Waals surface area contributed by atoms with Gasteiger partial charge in [0, 0.05) is 16.7 Å². The molecule has 0 atom stereocenters. The molecule has 10 rings (SSSR count). The average Bonchev–Trinajstić information content (AvgIpc) is 3.25. The van der Waals surface area contributed by atoms with Crippen molar-refractivity contribution in [3.8, 4) is 33.4 Å². The Balaban J connectivity index is 1.36. The van der Waals surface area contributed by atoms with Crippen molar-refractivity contribution in [1.82, 2.24) is 0 Å². The molecule has 214 valence electrons. The van der Waals surface area contributed by atoms with Crippen molar-refractivity contribution in [2.45, 2.75) is 5.41 Å². The third-order valence-electron chi connectivity index (χ3n) is 10.3. The summed E-state index contributed by atoms with van der Waals surface area (Å²) in [6.07, 6.45) is 4.60. The monoisotopic (exact) mass is 583 g/mol. The van der Waals surface area contributed by atoms with E-state index in [0.29, 0.717) is 0 Å². The lowest BCUT2D eigenvalue weighted by atomic mass is 9.66. The highest BCUT2D eigenvalue weighted by Gasteiger charge is 2.49. The summed E-state index contributed by atoms with van der Waals surface area (Å²) >= 11 is 0. The van der Waals surface area contributed by atoms with Gasteiger partial charge in [0.15, 0.2) is 0 Å². The highest BCUT2D eigenvalue weighted by Crippen LogP contribution is 2.62. The molecule has 0 saturated carbocycles. The predicted octanol–water partition coefficient (Wildman–Crippen LogP) is 11.7. The number of para-hydroxylation sites is 2. The lowest BCUT2D eigenvalue weighted by molar-refractivity contribution is 0.766. The Bertz CT molecular complexity index is 2280. The van der Waals surface area contributed by atoms with E-state index in [9.17, 15) is 0 Å². The van der Waals surface area contributed by atoms with Crippen LogP contribution in [0.3, 0.4) is 0 Å². The van der Waals surface area contributed by atoms with Crippen LogP contribution < -0.4 is 4.90 Å². The van der Waals surface area contributed by atoms with E-state index in [1.807, 2.05) is 0 Å². The Morgan fingerprint density at radius 3 is 1.30 bits per heavy atom. The minimum atomic E-state index is -0.466. The molecule has 2 aliphatic carbocycles. The second kappa shape index (κ2) is 9.54. The first-order chi connectivity index (χ1) is 22.9. The van der Waals surface area contributed by atoms with E-state index in [0.717, 1.165) is 0 Å². The van der Waals surface area contributed by atoms with Crippen LogP contribution in [-0.2, 0) is 5.41 Å². The molecule has 3 aliphatic rings. The smallest absolute Gasteiger partial charge is 0.0725 e. The molecule has 7 aromatic rings. The highest BCUT2D eigenvalue weighted by molar-refractivity contribution is 6.06. The van der Waals surface area contributed by atoms with E-state index in [1.54, 1.807) is 0 Å². The fourth-order valence-corrected chi connectivity index (χ4v) is 8.50. The fraction of sp³-hybridized carbons (Fsp3) is 0.0222. The van der Waals surface area contributed by atoms with Gasteiger partial charge < -0.3 is 4.90 Å². The molecule has 0 N–H and O–H groups in total. The van der Waals surface area contributed by atoms with Gasteiger partial charge in [-0.25, -0.2) is 0 Å². The van der Waals surface area contributed by atoms with Gasteiger partial charge in [-0.3, -0.25) is 0 Å². The summed E-state index contributed by atoms with van der Waals surface area (Å²) in [5.41, 5.74) is 18.5. The second-order valence-corrected chi connectivity index (χ2v) is 12.4. The van der Waals surface area contributed by atoms with Crippen LogP contribution in [0.2, 0.25) is 0 Å². The first-order valence-electron chi connectivity index (χ1n) is 16.0. The average molecular weight is 584 g/mol. The zero-order valence-corrected chi connectivity index (χ0v) is 25.2. The molecule has 46 heavy (non-hydrogen) atoms. The Morgan fingerprint density at radius 2 is 0.717 bits per heavy atom. The SMILES string of the molecule is C1=Cc2ccccc2C2(c3ccccc31)c1ccccc1-c1c(N3c4ccccc4-c4ccccc4-c4ccccc43)cccc12. The van der Waals surface area contributed by atoms with Gasteiger partial charge in [-0.05, 0) is 68.3 Å². The lowest BCUT2D eigenvalue weighted by Crippen LogP contribution is -2.30. The minimum absolute atomic E-state index is 0.466. The van der Waals surface area contributed by atoms with Crippen LogP contribution in [0.25, 0.3) is 45.5 Å². The van der Waals surface area contributed by atoms with E-state index in [1.165, 1.54) is 83.8 Å². The maximum absolute atomic E-state index is 2.52.